The Labute approximate surface area is 82.7 Å². The van der Waals surface area contributed by atoms with Crippen LogP contribution in [-0.4, -0.2) is 4.98 Å². The number of nitrogens with one attached hydrogen (secondary N) is 1. The lowest BCUT2D eigenvalue weighted by molar-refractivity contribution is 0.505. The normalized spacial score (nSPS) is 10.7. The van der Waals surface area contributed by atoms with E-state index < -0.39 is 17.5 Å². The van der Waals surface area contributed by atoms with E-state index in [9.17, 15) is 13.2 Å². The molecule has 3 nitrogen and oxygen atoms in total. The summed E-state index contributed by atoms with van der Waals surface area (Å²) in [5, 5.41) is -0.216. The van der Waals surface area contributed by atoms with Gasteiger partial charge in [-0.3, -0.25) is 0 Å². The molecule has 15 heavy (non-hydrogen) atoms. The maximum Gasteiger partial charge on any atom is 0.168 e. The molecular weight excluding hydrogens is 207 g/mol. The standard InChI is InChI=1S/C9H6F3N3/c10-5-3-6(11)9-4(8(5)12)1-2-7(14-9)15-13/h1-3H,13H2,(H,14,15). The van der Waals surface area contributed by atoms with E-state index in [0.29, 0.717) is 6.07 Å². The number of hydrazine groups is 1. The number of anilines is 1. The zero-order valence-electron chi connectivity index (χ0n) is 7.39. The largest absolute Gasteiger partial charge is 0.308 e. The van der Waals surface area contributed by atoms with Crippen LogP contribution in [-0.2, 0) is 0 Å². The zero-order chi connectivity index (χ0) is 11.0. The van der Waals surface area contributed by atoms with Crippen LogP contribution in [0.25, 0.3) is 10.9 Å². The summed E-state index contributed by atoms with van der Waals surface area (Å²) in [4.78, 5) is 3.68. The molecule has 1 aromatic carbocycles. The van der Waals surface area contributed by atoms with Gasteiger partial charge in [0.05, 0.1) is 0 Å². The molecule has 6 heteroatoms. The van der Waals surface area contributed by atoms with Gasteiger partial charge >= 0.3 is 0 Å². The Bertz CT molecular complexity index is 527. The van der Waals surface area contributed by atoms with E-state index in [1.165, 1.54) is 12.1 Å². The Hall–Kier alpha value is -1.82. The average Bonchev–Trinajstić information content (AvgIpc) is 2.25. The third-order valence-electron chi connectivity index (χ3n) is 1.97. The van der Waals surface area contributed by atoms with Crippen molar-refractivity contribution in [1.82, 2.24) is 4.98 Å². The van der Waals surface area contributed by atoms with Crippen LogP contribution < -0.4 is 11.3 Å². The Balaban J connectivity index is 2.84. The number of hydrogen-bond acceptors (Lipinski definition) is 3. The highest BCUT2D eigenvalue weighted by Gasteiger charge is 2.13. The molecule has 0 saturated heterocycles. The van der Waals surface area contributed by atoms with Crippen LogP contribution in [0.3, 0.4) is 0 Å². The number of hydrogen-bond donors (Lipinski definition) is 2. The van der Waals surface area contributed by atoms with Crippen molar-refractivity contribution >= 4 is 16.7 Å². The van der Waals surface area contributed by atoms with E-state index in [1.807, 2.05) is 0 Å². The Morgan fingerprint density at radius 2 is 1.87 bits per heavy atom. The Morgan fingerprint density at radius 3 is 2.53 bits per heavy atom. The number of fused-ring (bicyclic) bond motifs is 1. The molecule has 0 bridgehead atoms. The third-order valence-corrected chi connectivity index (χ3v) is 1.97. The van der Waals surface area contributed by atoms with Crippen LogP contribution in [0.4, 0.5) is 19.0 Å². The number of rotatable bonds is 1. The summed E-state index contributed by atoms with van der Waals surface area (Å²) < 4.78 is 39.2. The van der Waals surface area contributed by atoms with Crippen molar-refractivity contribution in [2.24, 2.45) is 5.84 Å². The predicted octanol–water partition coefficient (Wildman–Crippen LogP) is 1.94. The van der Waals surface area contributed by atoms with Gasteiger partial charge < -0.3 is 5.43 Å². The quantitative estimate of drug-likeness (QED) is 0.432. The average molecular weight is 213 g/mol. The highest BCUT2D eigenvalue weighted by Crippen LogP contribution is 2.23. The van der Waals surface area contributed by atoms with Gasteiger partial charge in [0, 0.05) is 11.5 Å². The van der Waals surface area contributed by atoms with Crippen molar-refractivity contribution in [1.29, 1.82) is 0 Å². The van der Waals surface area contributed by atoms with Gasteiger partial charge in [-0.25, -0.2) is 24.0 Å². The predicted molar refractivity (Wildman–Crippen MR) is 49.4 cm³/mol. The molecule has 0 spiro atoms. The molecule has 0 amide bonds. The fourth-order valence-corrected chi connectivity index (χ4v) is 1.27. The fraction of sp³-hybridized carbons (Fsp3) is 0. The number of aromatic nitrogens is 1. The first-order valence-corrected chi connectivity index (χ1v) is 4.04. The maximum absolute atomic E-state index is 13.2. The van der Waals surface area contributed by atoms with Crippen LogP contribution in [0, 0.1) is 17.5 Å². The van der Waals surface area contributed by atoms with E-state index in [-0.39, 0.29) is 16.7 Å². The highest BCUT2D eigenvalue weighted by molar-refractivity contribution is 5.81. The molecule has 0 radical (unpaired) electrons. The van der Waals surface area contributed by atoms with Gasteiger partial charge in [0.15, 0.2) is 17.5 Å². The number of nitrogen functional groups attached to an aromatic ring is 1. The van der Waals surface area contributed by atoms with Crippen molar-refractivity contribution in [3.63, 3.8) is 0 Å². The molecule has 0 aliphatic rings. The van der Waals surface area contributed by atoms with E-state index >= 15 is 0 Å². The van der Waals surface area contributed by atoms with Gasteiger partial charge in [-0.15, -0.1) is 0 Å². The molecule has 0 unspecified atom stereocenters. The lowest BCUT2D eigenvalue weighted by atomic mass is 10.2. The third kappa shape index (κ3) is 1.48. The van der Waals surface area contributed by atoms with Crippen molar-refractivity contribution in [3.8, 4) is 0 Å². The van der Waals surface area contributed by atoms with E-state index in [1.54, 1.807) is 0 Å². The van der Waals surface area contributed by atoms with Gasteiger partial charge in [0.1, 0.15) is 11.3 Å². The monoisotopic (exact) mass is 213 g/mol. The Kier molecular flexibility index (Phi) is 2.20. The molecule has 0 saturated carbocycles. The van der Waals surface area contributed by atoms with Gasteiger partial charge in [0.25, 0.3) is 0 Å². The number of nitrogens with zero attached hydrogens (tertiary/aromatic N) is 1. The van der Waals surface area contributed by atoms with Crippen LogP contribution in [0.1, 0.15) is 0 Å². The van der Waals surface area contributed by atoms with Crippen LogP contribution in [0.5, 0.6) is 0 Å². The first-order chi connectivity index (χ1) is 7.13. The molecule has 0 aliphatic carbocycles. The molecule has 0 aliphatic heterocycles. The minimum Gasteiger partial charge on any atom is -0.308 e. The topological polar surface area (TPSA) is 50.9 Å². The second-order valence-corrected chi connectivity index (χ2v) is 2.89. The molecule has 78 valence electrons. The molecule has 1 aromatic heterocycles. The maximum atomic E-state index is 13.2. The number of benzene rings is 1. The van der Waals surface area contributed by atoms with Crippen molar-refractivity contribution in [2.75, 3.05) is 5.43 Å². The van der Waals surface area contributed by atoms with Crippen LogP contribution >= 0.6 is 0 Å². The second kappa shape index (κ2) is 3.39. The molecular formula is C9H6F3N3. The second-order valence-electron chi connectivity index (χ2n) is 2.89. The van der Waals surface area contributed by atoms with Crippen LogP contribution in [0.15, 0.2) is 18.2 Å². The van der Waals surface area contributed by atoms with Crippen molar-refractivity contribution in [3.05, 3.63) is 35.7 Å². The SMILES string of the molecule is NNc1ccc2c(F)c(F)cc(F)c2n1. The van der Waals surface area contributed by atoms with Gasteiger partial charge in [-0.1, -0.05) is 0 Å². The smallest absolute Gasteiger partial charge is 0.168 e. The minimum atomic E-state index is -1.24. The van der Waals surface area contributed by atoms with E-state index in [4.69, 9.17) is 5.84 Å². The van der Waals surface area contributed by atoms with E-state index in [0.717, 1.165) is 0 Å². The molecule has 2 aromatic rings. The summed E-state index contributed by atoms with van der Waals surface area (Å²) in [6.07, 6.45) is 0. The molecule has 0 fully saturated rings. The summed E-state index contributed by atoms with van der Waals surface area (Å²) in [5.41, 5.74) is 1.93. The molecule has 2 rings (SSSR count). The van der Waals surface area contributed by atoms with Gasteiger partial charge in [-0.05, 0) is 12.1 Å². The van der Waals surface area contributed by atoms with Crippen molar-refractivity contribution < 1.29 is 13.2 Å². The fourth-order valence-electron chi connectivity index (χ4n) is 1.27. The summed E-state index contributed by atoms with van der Waals surface area (Å²) in [6, 6.07) is 2.98. The molecule has 0 atom stereocenters. The lowest BCUT2D eigenvalue weighted by Crippen LogP contribution is -2.08. The summed E-state index contributed by atoms with van der Waals surface area (Å²) >= 11 is 0. The highest BCUT2D eigenvalue weighted by atomic mass is 19.2. The van der Waals surface area contributed by atoms with Crippen LogP contribution in [0.2, 0.25) is 0 Å². The Morgan fingerprint density at radius 1 is 1.13 bits per heavy atom. The van der Waals surface area contributed by atoms with Crippen molar-refractivity contribution in [2.45, 2.75) is 0 Å². The number of nitrogens with two attached hydrogens (primary N) is 1. The number of pyridine rings is 1. The summed E-state index contributed by atoms with van der Waals surface area (Å²) in [5.74, 6) is 1.94. The summed E-state index contributed by atoms with van der Waals surface area (Å²) in [6.45, 7) is 0. The minimum absolute atomic E-state index is 0.174. The van der Waals surface area contributed by atoms with Gasteiger partial charge in [-0.2, -0.15) is 0 Å². The first kappa shape index (κ1) is 9.72. The first-order valence-electron chi connectivity index (χ1n) is 4.04. The lowest BCUT2D eigenvalue weighted by Gasteiger charge is -2.04. The zero-order valence-corrected chi connectivity index (χ0v) is 7.39. The van der Waals surface area contributed by atoms with Gasteiger partial charge in [0.2, 0.25) is 0 Å². The summed E-state index contributed by atoms with van der Waals surface area (Å²) in [7, 11) is 0. The van der Waals surface area contributed by atoms with E-state index in [2.05, 4.69) is 10.4 Å². The molecule has 3 N–H and O–H groups in total. The molecule has 1 heterocycles. The number of halogens is 3.